The molecule has 4 rings (SSSR count). The summed E-state index contributed by atoms with van der Waals surface area (Å²) in [7, 11) is 1.53. The molecule has 0 fully saturated rings. The van der Waals surface area contributed by atoms with Crippen LogP contribution in [0.3, 0.4) is 0 Å². The molecule has 1 unspecified atom stereocenters. The van der Waals surface area contributed by atoms with Crippen LogP contribution in [0, 0.1) is 0 Å². The number of rotatable bonds is 8. The average molecular weight is 547 g/mol. The first-order valence-corrected chi connectivity index (χ1v) is 12.8. The largest absolute Gasteiger partial charge is 0.494 e. The van der Waals surface area contributed by atoms with E-state index >= 15 is 0 Å². The summed E-state index contributed by atoms with van der Waals surface area (Å²) in [5.41, 5.74) is 1.85. The molecule has 36 heavy (non-hydrogen) atoms. The molecule has 0 bridgehead atoms. The van der Waals surface area contributed by atoms with E-state index in [0.717, 1.165) is 5.56 Å². The second kappa shape index (κ2) is 11.4. The van der Waals surface area contributed by atoms with Crippen molar-refractivity contribution in [2.24, 2.45) is 4.99 Å². The minimum Gasteiger partial charge on any atom is -0.494 e. The fraction of sp³-hybridized carbons (Fsp3) is 0.269. The number of benzene rings is 2. The first-order chi connectivity index (χ1) is 17.3. The number of carbonyl (C=O) groups excluding carboxylic acids is 1. The fourth-order valence-corrected chi connectivity index (χ4v) is 5.37. The topological polar surface area (TPSA) is 79.1 Å². The number of esters is 1. The summed E-state index contributed by atoms with van der Waals surface area (Å²) in [6.45, 7) is 4.51. The molecule has 0 spiro atoms. The van der Waals surface area contributed by atoms with Crippen molar-refractivity contribution in [1.82, 2.24) is 4.57 Å². The summed E-state index contributed by atoms with van der Waals surface area (Å²) in [5.74, 6) is 0.137. The molecule has 0 aliphatic carbocycles. The molecule has 1 aliphatic heterocycles. The maximum Gasteiger partial charge on any atom is 0.338 e. The molecule has 0 amide bonds. The van der Waals surface area contributed by atoms with E-state index < -0.39 is 12.0 Å². The van der Waals surface area contributed by atoms with Crippen molar-refractivity contribution in [3.05, 3.63) is 94.6 Å². The number of nitrogens with zero attached hydrogens (tertiary/aromatic N) is 2. The minimum absolute atomic E-state index is 0.0849. The predicted octanol–water partition coefficient (Wildman–Crippen LogP) is 4.13. The molecule has 188 valence electrons. The Morgan fingerprint density at radius 3 is 2.58 bits per heavy atom. The zero-order chi connectivity index (χ0) is 25.8. The SMILES string of the molecule is CCOc1ccc(C2C(C(=O)OCCOC)=C(C)N=c3sc(=Cc4ccc(Cl)cc4Cl)c(=O)n32)cc1. The zero-order valence-electron chi connectivity index (χ0n) is 19.9. The van der Waals surface area contributed by atoms with Crippen molar-refractivity contribution in [3.63, 3.8) is 0 Å². The van der Waals surface area contributed by atoms with Crippen LogP contribution in [0.15, 0.2) is 63.5 Å². The Bertz CT molecular complexity index is 1490. The highest BCUT2D eigenvalue weighted by Crippen LogP contribution is 2.31. The molecule has 1 aromatic heterocycles. The maximum atomic E-state index is 13.7. The average Bonchev–Trinajstić information content (AvgIpc) is 3.15. The summed E-state index contributed by atoms with van der Waals surface area (Å²) < 4.78 is 17.9. The van der Waals surface area contributed by atoms with Gasteiger partial charge < -0.3 is 14.2 Å². The van der Waals surface area contributed by atoms with Gasteiger partial charge >= 0.3 is 5.97 Å². The summed E-state index contributed by atoms with van der Waals surface area (Å²) >= 11 is 13.6. The normalized spacial score (nSPS) is 15.5. The van der Waals surface area contributed by atoms with Crippen molar-refractivity contribution >= 4 is 46.6 Å². The Hall–Kier alpha value is -2.91. The molecule has 7 nitrogen and oxygen atoms in total. The van der Waals surface area contributed by atoms with Gasteiger partial charge in [0.05, 0.1) is 35.1 Å². The van der Waals surface area contributed by atoms with Crippen LogP contribution in [-0.4, -0.2) is 37.5 Å². The second-order valence-corrected chi connectivity index (χ2v) is 9.73. The van der Waals surface area contributed by atoms with Gasteiger partial charge in [0.2, 0.25) is 0 Å². The molecule has 0 saturated carbocycles. The number of carbonyl (C=O) groups is 1. The van der Waals surface area contributed by atoms with E-state index in [9.17, 15) is 9.59 Å². The lowest BCUT2D eigenvalue weighted by molar-refractivity contribution is -0.140. The van der Waals surface area contributed by atoms with Gasteiger partial charge in [0.1, 0.15) is 12.4 Å². The first-order valence-electron chi connectivity index (χ1n) is 11.2. The van der Waals surface area contributed by atoms with Gasteiger partial charge in [-0.15, -0.1) is 0 Å². The molecule has 0 radical (unpaired) electrons. The summed E-state index contributed by atoms with van der Waals surface area (Å²) in [5, 5.41) is 0.927. The first kappa shape index (κ1) is 26.2. The molecule has 10 heteroatoms. The van der Waals surface area contributed by atoms with Crippen LogP contribution in [0.2, 0.25) is 10.0 Å². The van der Waals surface area contributed by atoms with Crippen molar-refractivity contribution in [3.8, 4) is 5.75 Å². The van der Waals surface area contributed by atoms with Crippen LogP contribution in [0.4, 0.5) is 0 Å². The standard InChI is InChI=1S/C26H24Cl2N2O5S/c1-4-34-19-9-6-16(7-10-19)23-22(25(32)35-12-11-33-3)15(2)29-26-30(23)24(31)21(36-26)13-17-5-8-18(27)14-20(17)28/h5-10,13-14,23H,4,11-12H2,1-3H3. The van der Waals surface area contributed by atoms with Gasteiger partial charge in [-0.05, 0) is 55.3 Å². The Morgan fingerprint density at radius 2 is 1.92 bits per heavy atom. The number of halogens is 2. The number of allylic oxidation sites excluding steroid dienone is 1. The van der Waals surface area contributed by atoms with Crippen LogP contribution < -0.4 is 19.6 Å². The number of ether oxygens (including phenoxy) is 3. The summed E-state index contributed by atoms with van der Waals surface area (Å²) in [6, 6.07) is 11.6. The van der Waals surface area contributed by atoms with Crippen LogP contribution in [-0.2, 0) is 14.3 Å². The molecule has 0 saturated heterocycles. The van der Waals surface area contributed by atoms with Gasteiger partial charge in [-0.25, -0.2) is 9.79 Å². The third kappa shape index (κ3) is 5.42. The van der Waals surface area contributed by atoms with Gasteiger partial charge in [-0.1, -0.05) is 52.7 Å². The molecule has 2 heterocycles. The molecular weight excluding hydrogens is 523 g/mol. The number of aromatic nitrogens is 1. The highest BCUT2D eigenvalue weighted by molar-refractivity contribution is 7.07. The van der Waals surface area contributed by atoms with E-state index in [4.69, 9.17) is 37.4 Å². The number of fused-ring (bicyclic) bond motifs is 1. The highest BCUT2D eigenvalue weighted by Gasteiger charge is 2.33. The lowest BCUT2D eigenvalue weighted by Crippen LogP contribution is -2.40. The quantitative estimate of drug-likeness (QED) is 0.313. The summed E-state index contributed by atoms with van der Waals surface area (Å²) in [4.78, 5) is 31.9. The van der Waals surface area contributed by atoms with Crippen LogP contribution in [0.25, 0.3) is 6.08 Å². The van der Waals surface area contributed by atoms with E-state index in [1.807, 2.05) is 31.2 Å². The molecular formula is C26H24Cl2N2O5S. The van der Waals surface area contributed by atoms with Gasteiger partial charge in [0.25, 0.3) is 5.56 Å². The molecule has 1 atom stereocenters. The van der Waals surface area contributed by atoms with Gasteiger partial charge in [-0.2, -0.15) is 0 Å². The Kier molecular flexibility index (Phi) is 8.31. The monoisotopic (exact) mass is 546 g/mol. The molecule has 0 N–H and O–H groups in total. The highest BCUT2D eigenvalue weighted by atomic mass is 35.5. The smallest absolute Gasteiger partial charge is 0.338 e. The van der Waals surface area contributed by atoms with E-state index in [2.05, 4.69) is 4.99 Å². The van der Waals surface area contributed by atoms with E-state index in [1.165, 1.54) is 23.0 Å². The van der Waals surface area contributed by atoms with Crippen LogP contribution in [0.5, 0.6) is 5.75 Å². The Labute approximate surface area is 221 Å². The van der Waals surface area contributed by atoms with Gasteiger partial charge in [0.15, 0.2) is 4.80 Å². The number of thiazole rings is 1. The molecule has 1 aliphatic rings. The second-order valence-electron chi connectivity index (χ2n) is 7.88. The summed E-state index contributed by atoms with van der Waals surface area (Å²) in [6.07, 6.45) is 1.70. The van der Waals surface area contributed by atoms with Crippen molar-refractivity contribution in [1.29, 1.82) is 0 Å². The Balaban J connectivity index is 1.87. The third-order valence-corrected chi connectivity index (χ3v) is 7.06. The lowest BCUT2D eigenvalue weighted by atomic mass is 9.96. The predicted molar refractivity (Wildman–Crippen MR) is 141 cm³/mol. The van der Waals surface area contributed by atoms with Crippen molar-refractivity contribution in [2.75, 3.05) is 26.9 Å². The van der Waals surface area contributed by atoms with Gasteiger partial charge in [-0.3, -0.25) is 9.36 Å². The van der Waals surface area contributed by atoms with E-state index in [1.54, 1.807) is 31.2 Å². The molecule has 2 aromatic carbocycles. The van der Waals surface area contributed by atoms with Gasteiger partial charge in [0, 0.05) is 17.2 Å². The molecule has 3 aromatic rings. The third-order valence-electron chi connectivity index (χ3n) is 5.52. The van der Waals surface area contributed by atoms with Crippen LogP contribution >= 0.6 is 34.5 Å². The van der Waals surface area contributed by atoms with Crippen molar-refractivity contribution < 1.29 is 19.0 Å². The minimum atomic E-state index is -0.727. The fourth-order valence-electron chi connectivity index (χ4n) is 3.87. The number of hydrogen-bond acceptors (Lipinski definition) is 7. The van der Waals surface area contributed by atoms with Crippen LogP contribution in [0.1, 0.15) is 31.0 Å². The van der Waals surface area contributed by atoms with Crippen molar-refractivity contribution in [2.45, 2.75) is 19.9 Å². The number of hydrogen-bond donors (Lipinski definition) is 0. The maximum absolute atomic E-state index is 13.7. The Morgan fingerprint density at radius 1 is 1.17 bits per heavy atom. The van der Waals surface area contributed by atoms with E-state index in [0.29, 0.717) is 48.6 Å². The zero-order valence-corrected chi connectivity index (χ0v) is 22.2. The number of methoxy groups -OCH3 is 1. The van der Waals surface area contributed by atoms with E-state index in [-0.39, 0.29) is 18.8 Å². The lowest BCUT2D eigenvalue weighted by Gasteiger charge is -2.25.